The van der Waals surface area contributed by atoms with Gasteiger partial charge in [-0.05, 0) is 18.9 Å². The SMILES string of the molecule is CCCCCCCCCCCCCCCC=COCC1CO1. The van der Waals surface area contributed by atoms with Gasteiger partial charge in [-0.1, -0.05) is 84.0 Å². The maximum atomic E-state index is 5.37. The summed E-state index contributed by atoms with van der Waals surface area (Å²) in [7, 11) is 0. The molecule has 0 spiro atoms. The molecule has 0 aromatic heterocycles. The van der Waals surface area contributed by atoms with E-state index >= 15 is 0 Å². The summed E-state index contributed by atoms with van der Waals surface area (Å²) in [4.78, 5) is 0. The lowest BCUT2D eigenvalue weighted by Crippen LogP contribution is -1.94. The van der Waals surface area contributed by atoms with Crippen LogP contribution in [-0.2, 0) is 9.47 Å². The van der Waals surface area contributed by atoms with E-state index in [2.05, 4.69) is 13.0 Å². The number of epoxide rings is 1. The third kappa shape index (κ3) is 14.4. The third-order valence-electron chi connectivity index (χ3n) is 4.35. The van der Waals surface area contributed by atoms with Gasteiger partial charge in [-0.25, -0.2) is 0 Å². The average molecular weight is 311 g/mol. The molecule has 0 amide bonds. The lowest BCUT2D eigenvalue weighted by molar-refractivity contribution is 0.211. The molecule has 22 heavy (non-hydrogen) atoms. The van der Waals surface area contributed by atoms with Crippen molar-refractivity contribution in [2.24, 2.45) is 0 Å². The molecule has 130 valence electrons. The first-order valence-corrected chi connectivity index (χ1v) is 9.81. The monoisotopic (exact) mass is 310 g/mol. The number of unbranched alkanes of at least 4 members (excludes halogenated alkanes) is 13. The highest BCUT2D eigenvalue weighted by atomic mass is 16.6. The molecule has 1 heterocycles. The molecule has 1 aliphatic heterocycles. The lowest BCUT2D eigenvalue weighted by atomic mass is 10.0. The molecule has 1 fully saturated rings. The maximum Gasteiger partial charge on any atom is 0.116 e. The number of rotatable bonds is 17. The summed E-state index contributed by atoms with van der Waals surface area (Å²) < 4.78 is 10.4. The van der Waals surface area contributed by atoms with Gasteiger partial charge < -0.3 is 9.47 Å². The van der Waals surface area contributed by atoms with Crippen molar-refractivity contribution in [2.45, 2.75) is 103 Å². The van der Waals surface area contributed by atoms with Crippen molar-refractivity contribution in [3.05, 3.63) is 12.3 Å². The van der Waals surface area contributed by atoms with Crippen LogP contribution in [0.2, 0.25) is 0 Å². The van der Waals surface area contributed by atoms with Gasteiger partial charge in [-0.3, -0.25) is 0 Å². The molecule has 0 aliphatic carbocycles. The first kappa shape index (κ1) is 19.5. The summed E-state index contributed by atoms with van der Waals surface area (Å²) in [6.07, 6.45) is 24.0. The summed E-state index contributed by atoms with van der Waals surface area (Å²) in [5.41, 5.74) is 0. The van der Waals surface area contributed by atoms with Crippen molar-refractivity contribution < 1.29 is 9.47 Å². The minimum Gasteiger partial charge on any atom is -0.499 e. The first-order valence-electron chi connectivity index (χ1n) is 9.81. The van der Waals surface area contributed by atoms with Gasteiger partial charge in [0.25, 0.3) is 0 Å². The normalized spacial score (nSPS) is 17.2. The molecule has 1 atom stereocenters. The Hall–Kier alpha value is -0.500. The Morgan fingerprint density at radius 1 is 0.818 bits per heavy atom. The summed E-state index contributed by atoms with van der Waals surface area (Å²) in [6.45, 7) is 3.90. The van der Waals surface area contributed by atoms with Gasteiger partial charge in [0.05, 0.1) is 12.9 Å². The fourth-order valence-corrected chi connectivity index (χ4v) is 2.74. The van der Waals surface area contributed by atoms with E-state index in [0.717, 1.165) is 19.6 Å². The maximum absolute atomic E-state index is 5.37. The molecule has 1 aliphatic rings. The van der Waals surface area contributed by atoms with E-state index in [9.17, 15) is 0 Å². The van der Waals surface area contributed by atoms with Gasteiger partial charge in [0.15, 0.2) is 0 Å². The van der Waals surface area contributed by atoms with Gasteiger partial charge in [0, 0.05) is 0 Å². The molecule has 1 unspecified atom stereocenters. The second kappa shape index (κ2) is 15.4. The molecule has 0 aromatic rings. The Bertz CT molecular complexity index is 246. The largest absolute Gasteiger partial charge is 0.499 e. The van der Waals surface area contributed by atoms with Crippen LogP contribution in [0.3, 0.4) is 0 Å². The molecule has 2 nitrogen and oxygen atoms in total. The number of ether oxygens (including phenoxy) is 2. The van der Waals surface area contributed by atoms with E-state index in [4.69, 9.17) is 9.47 Å². The molecular formula is C20H38O2. The topological polar surface area (TPSA) is 21.8 Å². The zero-order valence-electron chi connectivity index (χ0n) is 14.9. The molecule has 2 heteroatoms. The van der Waals surface area contributed by atoms with Gasteiger partial charge >= 0.3 is 0 Å². The second-order valence-corrected chi connectivity index (χ2v) is 6.69. The summed E-state index contributed by atoms with van der Waals surface area (Å²) in [5, 5.41) is 0. The molecule has 0 bridgehead atoms. The Labute approximate surface area is 138 Å². The smallest absolute Gasteiger partial charge is 0.116 e. The van der Waals surface area contributed by atoms with Crippen molar-refractivity contribution in [2.75, 3.05) is 13.2 Å². The lowest BCUT2D eigenvalue weighted by Gasteiger charge is -2.02. The van der Waals surface area contributed by atoms with Crippen LogP contribution in [0.15, 0.2) is 12.3 Å². The fourth-order valence-electron chi connectivity index (χ4n) is 2.74. The summed E-state index contributed by atoms with van der Waals surface area (Å²) in [6, 6.07) is 0. The minimum absolute atomic E-state index is 0.376. The van der Waals surface area contributed by atoms with Crippen LogP contribution in [0, 0.1) is 0 Å². The van der Waals surface area contributed by atoms with E-state index in [1.54, 1.807) is 0 Å². The number of hydrogen-bond acceptors (Lipinski definition) is 2. The summed E-state index contributed by atoms with van der Waals surface area (Å²) >= 11 is 0. The number of allylic oxidation sites excluding steroid dienone is 1. The highest BCUT2D eigenvalue weighted by Gasteiger charge is 2.22. The average Bonchev–Trinajstić information content (AvgIpc) is 3.34. The fraction of sp³-hybridized carbons (Fsp3) is 0.900. The van der Waals surface area contributed by atoms with Gasteiger partial charge in [0.2, 0.25) is 0 Å². The molecule has 0 radical (unpaired) electrons. The highest BCUT2D eigenvalue weighted by molar-refractivity contribution is 4.75. The van der Waals surface area contributed by atoms with Crippen molar-refractivity contribution in [3.8, 4) is 0 Å². The van der Waals surface area contributed by atoms with E-state index in [1.807, 2.05) is 6.26 Å². The van der Waals surface area contributed by atoms with Crippen molar-refractivity contribution in [1.82, 2.24) is 0 Å². The van der Waals surface area contributed by atoms with Crippen molar-refractivity contribution in [3.63, 3.8) is 0 Å². The van der Waals surface area contributed by atoms with E-state index in [-0.39, 0.29) is 0 Å². The van der Waals surface area contributed by atoms with Crippen LogP contribution in [-0.4, -0.2) is 19.3 Å². The first-order chi connectivity index (χ1) is 10.9. The van der Waals surface area contributed by atoms with Crippen molar-refractivity contribution in [1.29, 1.82) is 0 Å². The van der Waals surface area contributed by atoms with Gasteiger partial charge in [-0.15, -0.1) is 0 Å². The predicted octanol–water partition coefficient (Wildman–Crippen LogP) is 6.40. The van der Waals surface area contributed by atoms with Crippen LogP contribution in [0.1, 0.15) is 96.8 Å². The highest BCUT2D eigenvalue weighted by Crippen LogP contribution is 2.13. The molecule has 1 saturated heterocycles. The minimum atomic E-state index is 0.376. The predicted molar refractivity (Wildman–Crippen MR) is 95.1 cm³/mol. The van der Waals surface area contributed by atoms with Crippen LogP contribution in [0.5, 0.6) is 0 Å². The summed E-state index contributed by atoms with van der Waals surface area (Å²) in [5.74, 6) is 0. The van der Waals surface area contributed by atoms with Crippen LogP contribution >= 0.6 is 0 Å². The Balaban J connectivity index is 1.64. The zero-order chi connectivity index (χ0) is 15.7. The van der Waals surface area contributed by atoms with Crippen molar-refractivity contribution >= 4 is 0 Å². The van der Waals surface area contributed by atoms with E-state index in [1.165, 1.54) is 83.5 Å². The second-order valence-electron chi connectivity index (χ2n) is 6.69. The van der Waals surface area contributed by atoms with Crippen LogP contribution in [0.25, 0.3) is 0 Å². The quantitative estimate of drug-likeness (QED) is 0.176. The Morgan fingerprint density at radius 2 is 1.32 bits per heavy atom. The standard InChI is InChI=1S/C20H38O2/c1-2-3-4-5-6-7-8-9-10-11-12-13-14-15-16-17-21-18-20-19-22-20/h16-17,20H,2-15,18-19H2,1H3. The molecular weight excluding hydrogens is 272 g/mol. The Kier molecular flexibility index (Phi) is 13.7. The van der Waals surface area contributed by atoms with Crippen LogP contribution in [0.4, 0.5) is 0 Å². The van der Waals surface area contributed by atoms with Crippen LogP contribution < -0.4 is 0 Å². The van der Waals surface area contributed by atoms with Gasteiger partial charge in [0.1, 0.15) is 12.7 Å². The van der Waals surface area contributed by atoms with Gasteiger partial charge in [-0.2, -0.15) is 0 Å². The molecule has 1 rings (SSSR count). The van der Waals surface area contributed by atoms with E-state index in [0.29, 0.717) is 6.10 Å². The molecule has 0 saturated carbocycles. The number of hydrogen-bond donors (Lipinski definition) is 0. The molecule has 0 aromatic carbocycles. The Morgan fingerprint density at radius 3 is 1.82 bits per heavy atom. The third-order valence-corrected chi connectivity index (χ3v) is 4.35. The van der Waals surface area contributed by atoms with E-state index < -0.39 is 0 Å². The zero-order valence-corrected chi connectivity index (χ0v) is 14.9. The molecule has 0 N–H and O–H groups in total.